The van der Waals surface area contributed by atoms with E-state index in [2.05, 4.69) is 9.97 Å². The number of aromatic nitrogens is 2. The monoisotopic (exact) mass is 257 g/mol. The smallest absolute Gasteiger partial charge is 0.419 e. The minimum Gasteiger partial charge on any atom is -0.495 e. The number of hydrogen-bond donors (Lipinski definition) is 2. The number of para-hydroxylation sites is 1. The minimum atomic E-state index is -4.48. The number of hydrogen-bond acceptors (Lipinski definition) is 3. The number of ether oxygens (including phenoxy) is 1. The second-order valence-electron chi connectivity index (χ2n) is 3.57. The Bertz CT molecular complexity index is 563. The zero-order valence-electron chi connectivity index (χ0n) is 9.38. The molecule has 0 aliphatic rings. The van der Waals surface area contributed by atoms with Crippen LogP contribution in [0.4, 0.5) is 19.1 Å². The van der Waals surface area contributed by atoms with Crippen LogP contribution in [0.5, 0.6) is 5.75 Å². The van der Waals surface area contributed by atoms with Crippen molar-refractivity contribution in [2.24, 2.45) is 0 Å². The summed E-state index contributed by atoms with van der Waals surface area (Å²) in [5.74, 6) is -0.127. The molecule has 0 bridgehead atoms. The maximum absolute atomic E-state index is 12.8. The largest absolute Gasteiger partial charge is 0.495 e. The normalized spacial score (nSPS) is 11.6. The average molecular weight is 257 g/mol. The van der Waals surface area contributed by atoms with E-state index in [0.717, 1.165) is 6.07 Å². The molecule has 0 aliphatic carbocycles. The van der Waals surface area contributed by atoms with E-state index in [1.54, 1.807) is 0 Å². The van der Waals surface area contributed by atoms with Crippen molar-refractivity contribution < 1.29 is 17.9 Å². The highest BCUT2D eigenvalue weighted by Crippen LogP contribution is 2.41. The van der Waals surface area contributed by atoms with E-state index in [9.17, 15) is 13.2 Å². The summed E-state index contributed by atoms with van der Waals surface area (Å²) in [4.78, 5) is 6.41. The molecule has 0 aliphatic heterocycles. The van der Waals surface area contributed by atoms with Crippen LogP contribution >= 0.6 is 0 Å². The minimum absolute atomic E-state index is 0.129. The number of H-pyrrole nitrogens is 1. The van der Waals surface area contributed by atoms with Crippen molar-refractivity contribution in [3.8, 4) is 17.0 Å². The van der Waals surface area contributed by atoms with E-state index in [1.165, 1.54) is 25.4 Å². The molecule has 1 aromatic heterocycles. The van der Waals surface area contributed by atoms with Gasteiger partial charge in [-0.2, -0.15) is 13.2 Å². The standard InChI is InChI=1S/C11H10F3N3O/c1-18-9-6(8-5-16-10(15)17-8)3-2-4-7(9)11(12,13)14/h2-5H,1H3,(H3,15,16,17). The number of nitrogens with zero attached hydrogens (tertiary/aromatic N) is 1. The zero-order chi connectivity index (χ0) is 13.3. The number of rotatable bonds is 2. The van der Waals surface area contributed by atoms with Gasteiger partial charge >= 0.3 is 6.18 Å². The Labute approximate surface area is 101 Å². The first kappa shape index (κ1) is 12.3. The highest BCUT2D eigenvalue weighted by Gasteiger charge is 2.35. The SMILES string of the molecule is COc1c(-c2cnc(N)[nH]2)cccc1C(F)(F)F. The molecular weight excluding hydrogens is 247 g/mol. The molecule has 2 rings (SSSR count). The Morgan fingerprint density at radius 3 is 2.56 bits per heavy atom. The molecule has 0 saturated heterocycles. The van der Waals surface area contributed by atoms with E-state index >= 15 is 0 Å². The van der Waals surface area contributed by atoms with Gasteiger partial charge in [0, 0.05) is 5.56 Å². The fourth-order valence-electron chi connectivity index (χ4n) is 1.67. The Morgan fingerprint density at radius 2 is 2.06 bits per heavy atom. The van der Waals surface area contributed by atoms with Crippen LogP contribution in [0.3, 0.4) is 0 Å². The predicted octanol–water partition coefficient (Wildman–Crippen LogP) is 2.69. The van der Waals surface area contributed by atoms with Crippen LogP contribution in [0.1, 0.15) is 5.56 Å². The topological polar surface area (TPSA) is 63.9 Å². The molecular formula is C11H10F3N3O. The highest BCUT2D eigenvalue weighted by atomic mass is 19.4. The van der Waals surface area contributed by atoms with Crippen molar-refractivity contribution in [3.05, 3.63) is 30.0 Å². The molecule has 0 fully saturated rings. The lowest BCUT2D eigenvalue weighted by atomic mass is 10.1. The van der Waals surface area contributed by atoms with E-state index in [-0.39, 0.29) is 17.3 Å². The van der Waals surface area contributed by atoms with Gasteiger partial charge < -0.3 is 15.5 Å². The first-order valence-corrected chi connectivity index (χ1v) is 4.98. The van der Waals surface area contributed by atoms with E-state index in [4.69, 9.17) is 10.5 Å². The third-order valence-electron chi connectivity index (χ3n) is 2.41. The fraction of sp³-hybridized carbons (Fsp3) is 0.182. The molecule has 1 heterocycles. The third kappa shape index (κ3) is 2.11. The molecule has 1 aromatic carbocycles. The summed E-state index contributed by atoms with van der Waals surface area (Å²) < 4.78 is 43.3. The first-order valence-electron chi connectivity index (χ1n) is 4.98. The van der Waals surface area contributed by atoms with Crippen molar-refractivity contribution in [1.29, 1.82) is 0 Å². The third-order valence-corrected chi connectivity index (χ3v) is 2.41. The van der Waals surface area contributed by atoms with Crippen LogP contribution in [0.2, 0.25) is 0 Å². The number of benzene rings is 1. The summed E-state index contributed by atoms with van der Waals surface area (Å²) in [6.45, 7) is 0. The molecule has 7 heteroatoms. The lowest BCUT2D eigenvalue weighted by Crippen LogP contribution is -2.08. The Hall–Kier alpha value is -2.18. The number of anilines is 1. The van der Waals surface area contributed by atoms with Crippen LogP contribution in [0.15, 0.2) is 24.4 Å². The second-order valence-corrected chi connectivity index (χ2v) is 3.57. The van der Waals surface area contributed by atoms with E-state index in [1.807, 2.05) is 0 Å². The average Bonchev–Trinajstić information content (AvgIpc) is 2.73. The van der Waals surface area contributed by atoms with E-state index in [0.29, 0.717) is 5.69 Å². The molecule has 3 N–H and O–H groups in total. The summed E-state index contributed by atoms with van der Waals surface area (Å²) in [5.41, 5.74) is 5.20. The van der Waals surface area contributed by atoms with Gasteiger partial charge in [0.2, 0.25) is 0 Å². The maximum atomic E-state index is 12.8. The molecule has 0 atom stereocenters. The number of halogens is 3. The van der Waals surface area contributed by atoms with Gasteiger partial charge in [0.25, 0.3) is 0 Å². The Balaban J connectivity index is 2.62. The van der Waals surface area contributed by atoms with Crippen LogP contribution < -0.4 is 10.5 Å². The molecule has 0 unspecified atom stereocenters. The van der Waals surface area contributed by atoms with Gasteiger partial charge in [-0.05, 0) is 12.1 Å². The van der Waals surface area contributed by atoms with Gasteiger partial charge in [-0.25, -0.2) is 4.98 Å². The zero-order valence-corrected chi connectivity index (χ0v) is 9.38. The molecule has 4 nitrogen and oxygen atoms in total. The quantitative estimate of drug-likeness (QED) is 0.869. The molecule has 0 radical (unpaired) electrons. The molecule has 2 aromatic rings. The molecule has 0 spiro atoms. The summed E-state index contributed by atoms with van der Waals surface area (Å²) in [7, 11) is 1.19. The van der Waals surface area contributed by atoms with Gasteiger partial charge in [-0.3, -0.25) is 0 Å². The summed E-state index contributed by atoms with van der Waals surface area (Å²) in [6.07, 6.45) is -3.12. The van der Waals surface area contributed by atoms with Crippen molar-refractivity contribution in [3.63, 3.8) is 0 Å². The van der Waals surface area contributed by atoms with Crippen molar-refractivity contribution in [2.75, 3.05) is 12.8 Å². The lowest BCUT2D eigenvalue weighted by Gasteiger charge is -2.14. The lowest BCUT2D eigenvalue weighted by molar-refractivity contribution is -0.138. The maximum Gasteiger partial charge on any atom is 0.419 e. The van der Waals surface area contributed by atoms with E-state index < -0.39 is 11.7 Å². The summed E-state index contributed by atoms with van der Waals surface area (Å²) in [5, 5.41) is 0. The van der Waals surface area contributed by atoms with Crippen molar-refractivity contribution in [1.82, 2.24) is 9.97 Å². The molecule has 0 saturated carbocycles. The van der Waals surface area contributed by atoms with Gasteiger partial charge in [0.1, 0.15) is 5.75 Å². The number of methoxy groups -OCH3 is 1. The van der Waals surface area contributed by atoms with Gasteiger partial charge in [0.15, 0.2) is 5.95 Å². The van der Waals surface area contributed by atoms with Crippen molar-refractivity contribution in [2.45, 2.75) is 6.18 Å². The Kier molecular flexibility index (Phi) is 2.90. The van der Waals surface area contributed by atoms with Gasteiger partial charge in [-0.1, -0.05) is 6.07 Å². The number of nitrogen functional groups attached to an aromatic ring is 1. The molecule has 18 heavy (non-hydrogen) atoms. The van der Waals surface area contributed by atoms with Crippen LogP contribution in [0, 0.1) is 0 Å². The van der Waals surface area contributed by atoms with Crippen LogP contribution in [0.25, 0.3) is 11.3 Å². The fourth-order valence-corrected chi connectivity index (χ4v) is 1.67. The number of aromatic amines is 1. The first-order chi connectivity index (χ1) is 8.43. The second kappa shape index (κ2) is 4.25. The summed E-state index contributed by atoms with van der Waals surface area (Å²) >= 11 is 0. The number of nitrogens with one attached hydrogen (secondary N) is 1. The summed E-state index contributed by atoms with van der Waals surface area (Å²) in [6, 6.07) is 3.76. The number of alkyl halides is 3. The number of nitrogens with two attached hydrogens (primary N) is 1. The Morgan fingerprint density at radius 1 is 1.33 bits per heavy atom. The van der Waals surface area contributed by atoms with Gasteiger partial charge in [-0.15, -0.1) is 0 Å². The highest BCUT2D eigenvalue weighted by molar-refractivity contribution is 5.70. The van der Waals surface area contributed by atoms with Crippen LogP contribution in [-0.4, -0.2) is 17.1 Å². The van der Waals surface area contributed by atoms with Crippen LogP contribution in [-0.2, 0) is 6.18 Å². The molecule has 96 valence electrons. The molecule has 0 amide bonds. The van der Waals surface area contributed by atoms with Crippen molar-refractivity contribution >= 4 is 5.95 Å². The van der Waals surface area contributed by atoms with Gasteiger partial charge in [0.05, 0.1) is 24.6 Å². The predicted molar refractivity (Wildman–Crippen MR) is 60.0 cm³/mol. The number of imidazole rings is 1.